The minimum atomic E-state index is -1.37. The van der Waals surface area contributed by atoms with Crippen molar-refractivity contribution in [2.24, 2.45) is 0 Å². The minimum Gasteiger partial charge on any atom is -0.466 e. The van der Waals surface area contributed by atoms with Crippen LogP contribution in [-0.4, -0.2) is 42.4 Å². The van der Waals surface area contributed by atoms with Crippen LogP contribution >= 0.6 is 0 Å². The molecule has 0 bridgehead atoms. The smallest absolute Gasteiger partial charge is 0.337 e. The predicted molar refractivity (Wildman–Crippen MR) is 92.7 cm³/mol. The molecule has 1 aliphatic heterocycles. The van der Waals surface area contributed by atoms with Crippen molar-refractivity contribution >= 4 is 29.5 Å². The second-order valence-electron chi connectivity index (χ2n) is 6.04. The normalized spacial score (nSPS) is 19.0. The number of hydrogen-bond acceptors (Lipinski definition) is 6. The summed E-state index contributed by atoms with van der Waals surface area (Å²) in [6, 6.07) is 8.59. The van der Waals surface area contributed by atoms with Gasteiger partial charge in [-0.15, -0.1) is 0 Å². The number of imide groups is 1. The molecular formula is C18H17N3O6. The van der Waals surface area contributed by atoms with Crippen molar-refractivity contribution in [1.82, 2.24) is 10.2 Å². The topological polar surface area (TPSA) is 118 Å². The lowest BCUT2D eigenvalue weighted by Gasteiger charge is -2.18. The maximum absolute atomic E-state index is 12.6. The number of urea groups is 1. The van der Waals surface area contributed by atoms with E-state index < -0.39 is 35.9 Å². The Kier molecular flexibility index (Phi) is 4.68. The Morgan fingerprint density at radius 1 is 1.26 bits per heavy atom. The maximum Gasteiger partial charge on any atom is 0.337 e. The zero-order valence-electron chi connectivity index (χ0n) is 14.6. The quantitative estimate of drug-likeness (QED) is 0.607. The standard InChI is InChI=1S/C18H17N3O6/c1-18(13-7-4-8-27-13)16(24)21(17(25)20-18)10-14(22)19-12-6-3-5-11(9-12)15(23)26-2/h3-9H,10H2,1-2H3,(H,19,22)(H,20,25)/t18-/m0/s1. The van der Waals surface area contributed by atoms with Crippen LogP contribution in [0, 0.1) is 0 Å². The Bertz CT molecular complexity index is 908. The summed E-state index contributed by atoms with van der Waals surface area (Å²) in [5.74, 6) is -1.46. The van der Waals surface area contributed by atoms with Crippen LogP contribution in [0.5, 0.6) is 0 Å². The van der Waals surface area contributed by atoms with Gasteiger partial charge in [-0.3, -0.25) is 14.5 Å². The number of furan rings is 1. The van der Waals surface area contributed by atoms with E-state index >= 15 is 0 Å². The third kappa shape index (κ3) is 3.39. The van der Waals surface area contributed by atoms with E-state index in [1.165, 1.54) is 32.4 Å². The molecule has 0 unspecified atom stereocenters. The maximum atomic E-state index is 12.6. The van der Waals surface area contributed by atoms with Crippen molar-refractivity contribution < 1.29 is 28.3 Å². The zero-order valence-corrected chi connectivity index (χ0v) is 14.6. The van der Waals surface area contributed by atoms with Gasteiger partial charge in [0.1, 0.15) is 12.3 Å². The van der Waals surface area contributed by atoms with Gasteiger partial charge in [-0.2, -0.15) is 0 Å². The summed E-state index contributed by atoms with van der Waals surface area (Å²) in [5, 5.41) is 5.08. The summed E-state index contributed by atoms with van der Waals surface area (Å²) < 4.78 is 9.85. The Hall–Kier alpha value is -3.62. The van der Waals surface area contributed by atoms with Gasteiger partial charge in [-0.25, -0.2) is 9.59 Å². The van der Waals surface area contributed by atoms with Crippen molar-refractivity contribution in [3.05, 3.63) is 54.0 Å². The lowest BCUT2D eigenvalue weighted by atomic mass is 9.99. The van der Waals surface area contributed by atoms with Gasteiger partial charge < -0.3 is 19.8 Å². The first-order chi connectivity index (χ1) is 12.8. The highest BCUT2D eigenvalue weighted by atomic mass is 16.5. The molecule has 1 fully saturated rings. The molecule has 2 N–H and O–H groups in total. The largest absolute Gasteiger partial charge is 0.466 e. The SMILES string of the molecule is COC(=O)c1cccc(NC(=O)CN2C(=O)N[C@@](C)(c3ccco3)C2=O)c1. The number of carbonyl (C=O) groups is 4. The number of ether oxygens (including phenoxy) is 1. The van der Waals surface area contributed by atoms with E-state index in [2.05, 4.69) is 15.4 Å². The molecular weight excluding hydrogens is 354 g/mol. The van der Waals surface area contributed by atoms with E-state index in [0.717, 1.165) is 4.90 Å². The summed E-state index contributed by atoms with van der Waals surface area (Å²) in [4.78, 5) is 49.5. The average molecular weight is 371 g/mol. The van der Waals surface area contributed by atoms with Crippen LogP contribution in [0.25, 0.3) is 0 Å². The molecule has 0 spiro atoms. The summed E-state index contributed by atoms with van der Waals surface area (Å²) in [6.07, 6.45) is 1.39. The van der Waals surface area contributed by atoms with Crippen LogP contribution in [0.3, 0.4) is 0 Å². The van der Waals surface area contributed by atoms with E-state index in [1.54, 1.807) is 24.3 Å². The molecule has 0 aliphatic carbocycles. The van der Waals surface area contributed by atoms with Crippen LogP contribution in [0.4, 0.5) is 10.5 Å². The number of carbonyl (C=O) groups excluding carboxylic acids is 4. The van der Waals surface area contributed by atoms with Gasteiger partial charge in [0.25, 0.3) is 5.91 Å². The molecule has 1 saturated heterocycles. The first-order valence-corrected chi connectivity index (χ1v) is 8.01. The fourth-order valence-electron chi connectivity index (χ4n) is 2.76. The molecule has 4 amide bonds. The highest BCUT2D eigenvalue weighted by Gasteiger charge is 2.51. The molecule has 1 aliphatic rings. The third-order valence-electron chi connectivity index (χ3n) is 4.16. The molecule has 1 aromatic carbocycles. The second-order valence-corrected chi connectivity index (χ2v) is 6.04. The van der Waals surface area contributed by atoms with Crippen LogP contribution in [0.15, 0.2) is 47.1 Å². The first-order valence-electron chi connectivity index (χ1n) is 8.01. The van der Waals surface area contributed by atoms with Gasteiger partial charge in [0, 0.05) is 5.69 Å². The Labute approximate surface area is 154 Å². The Balaban J connectivity index is 1.70. The molecule has 27 heavy (non-hydrogen) atoms. The molecule has 1 aromatic heterocycles. The zero-order chi connectivity index (χ0) is 19.6. The summed E-state index contributed by atoms with van der Waals surface area (Å²) in [5.41, 5.74) is -0.773. The fraction of sp³-hybridized carbons (Fsp3) is 0.222. The molecule has 9 nitrogen and oxygen atoms in total. The van der Waals surface area contributed by atoms with Crippen molar-refractivity contribution in [1.29, 1.82) is 0 Å². The lowest BCUT2D eigenvalue weighted by molar-refractivity contribution is -0.134. The number of nitrogens with zero attached hydrogens (tertiary/aromatic N) is 1. The minimum absolute atomic E-state index is 0.260. The van der Waals surface area contributed by atoms with Crippen molar-refractivity contribution in [2.45, 2.75) is 12.5 Å². The monoisotopic (exact) mass is 371 g/mol. The highest BCUT2D eigenvalue weighted by molar-refractivity contribution is 6.10. The Morgan fingerprint density at radius 2 is 2.04 bits per heavy atom. The number of methoxy groups -OCH3 is 1. The number of nitrogens with one attached hydrogen (secondary N) is 2. The van der Waals surface area contributed by atoms with Gasteiger partial charge in [0.2, 0.25) is 5.91 Å². The van der Waals surface area contributed by atoms with E-state index in [0.29, 0.717) is 5.69 Å². The number of esters is 1. The van der Waals surface area contributed by atoms with E-state index in [4.69, 9.17) is 4.42 Å². The number of anilines is 1. The molecule has 2 heterocycles. The molecule has 2 aromatic rings. The summed E-state index contributed by atoms with van der Waals surface area (Å²) >= 11 is 0. The molecule has 1 atom stereocenters. The molecule has 140 valence electrons. The molecule has 9 heteroatoms. The summed E-state index contributed by atoms with van der Waals surface area (Å²) in [7, 11) is 1.25. The molecule has 3 rings (SSSR count). The van der Waals surface area contributed by atoms with Crippen molar-refractivity contribution in [3.63, 3.8) is 0 Å². The van der Waals surface area contributed by atoms with Crippen LogP contribution in [-0.2, 0) is 19.9 Å². The lowest BCUT2D eigenvalue weighted by Crippen LogP contribution is -2.41. The van der Waals surface area contributed by atoms with Crippen LogP contribution in [0.1, 0.15) is 23.0 Å². The predicted octanol–water partition coefficient (Wildman–Crippen LogP) is 1.47. The van der Waals surface area contributed by atoms with Gasteiger partial charge >= 0.3 is 12.0 Å². The van der Waals surface area contributed by atoms with Gasteiger partial charge in [0.05, 0.1) is 18.9 Å². The van der Waals surface area contributed by atoms with E-state index in [1.807, 2.05) is 0 Å². The first kappa shape index (κ1) is 18.2. The van der Waals surface area contributed by atoms with E-state index in [-0.39, 0.29) is 11.3 Å². The second kappa shape index (κ2) is 6.94. The van der Waals surface area contributed by atoms with Crippen molar-refractivity contribution in [3.8, 4) is 0 Å². The Morgan fingerprint density at radius 3 is 2.70 bits per heavy atom. The number of hydrogen-bond donors (Lipinski definition) is 2. The average Bonchev–Trinajstić information content (AvgIpc) is 3.26. The van der Waals surface area contributed by atoms with Crippen LogP contribution < -0.4 is 10.6 Å². The third-order valence-corrected chi connectivity index (χ3v) is 4.16. The van der Waals surface area contributed by atoms with Gasteiger partial charge in [0.15, 0.2) is 5.54 Å². The number of amides is 4. The fourth-order valence-corrected chi connectivity index (χ4v) is 2.76. The summed E-state index contributed by atoms with van der Waals surface area (Å²) in [6.45, 7) is 1.02. The number of rotatable bonds is 5. The van der Waals surface area contributed by atoms with Crippen molar-refractivity contribution in [2.75, 3.05) is 19.0 Å². The van der Waals surface area contributed by atoms with E-state index in [9.17, 15) is 19.2 Å². The van der Waals surface area contributed by atoms with Gasteiger partial charge in [-0.1, -0.05) is 6.07 Å². The van der Waals surface area contributed by atoms with Gasteiger partial charge in [-0.05, 0) is 37.3 Å². The highest BCUT2D eigenvalue weighted by Crippen LogP contribution is 2.28. The molecule has 0 radical (unpaired) electrons. The number of benzene rings is 1. The van der Waals surface area contributed by atoms with Crippen LogP contribution in [0.2, 0.25) is 0 Å². The molecule has 0 saturated carbocycles.